The first-order chi connectivity index (χ1) is 12.2. The third-order valence-corrected chi connectivity index (χ3v) is 4.04. The second-order valence-corrected chi connectivity index (χ2v) is 5.83. The van der Waals surface area contributed by atoms with E-state index in [4.69, 9.17) is 0 Å². The summed E-state index contributed by atoms with van der Waals surface area (Å²) in [4.78, 5) is 21.3. The van der Waals surface area contributed by atoms with Gasteiger partial charge >= 0.3 is 0 Å². The number of nitrogens with zero attached hydrogens (tertiary/aromatic N) is 3. The second kappa shape index (κ2) is 6.24. The highest BCUT2D eigenvalue weighted by molar-refractivity contribution is 5.56. The molecule has 6 heteroatoms. The van der Waals surface area contributed by atoms with E-state index in [1.807, 2.05) is 61.5 Å². The Balaban J connectivity index is 1.65. The van der Waals surface area contributed by atoms with Crippen molar-refractivity contribution in [1.82, 2.24) is 19.6 Å². The van der Waals surface area contributed by atoms with Crippen molar-refractivity contribution >= 4 is 11.5 Å². The fourth-order valence-electron chi connectivity index (χ4n) is 2.70. The Morgan fingerprint density at radius 2 is 1.80 bits per heavy atom. The number of hydrogen-bond donors (Lipinski definition) is 2. The van der Waals surface area contributed by atoms with Gasteiger partial charge in [0.05, 0.1) is 12.2 Å². The van der Waals surface area contributed by atoms with E-state index in [1.165, 1.54) is 10.6 Å². The topological polar surface area (TPSA) is 75.1 Å². The quantitative estimate of drug-likeness (QED) is 0.603. The molecule has 4 rings (SSSR count). The number of nitrogens with one attached hydrogen (secondary N) is 2. The fourth-order valence-corrected chi connectivity index (χ4v) is 2.70. The average molecular weight is 331 g/mol. The highest BCUT2D eigenvalue weighted by atomic mass is 16.1. The molecule has 2 aromatic carbocycles. The van der Waals surface area contributed by atoms with Crippen molar-refractivity contribution in [3.05, 3.63) is 82.3 Å². The van der Waals surface area contributed by atoms with E-state index in [2.05, 4.69) is 20.4 Å². The van der Waals surface area contributed by atoms with Gasteiger partial charge in [-0.3, -0.25) is 9.89 Å². The SMILES string of the molecule is Cc1ccccc1NCc1cc(=O)n2[nH]c(-c3ccccc3)nc2n1. The Morgan fingerprint density at radius 1 is 1.04 bits per heavy atom. The third-order valence-electron chi connectivity index (χ3n) is 4.04. The van der Waals surface area contributed by atoms with Gasteiger partial charge in [-0.1, -0.05) is 48.5 Å². The molecular weight excluding hydrogens is 314 g/mol. The lowest BCUT2D eigenvalue weighted by Crippen LogP contribution is -2.17. The van der Waals surface area contributed by atoms with Crippen LogP contribution in [0.1, 0.15) is 11.3 Å². The molecular formula is C19H17N5O. The molecule has 6 nitrogen and oxygen atoms in total. The van der Waals surface area contributed by atoms with E-state index in [0.717, 1.165) is 16.8 Å². The molecule has 0 aliphatic heterocycles. The lowest BCUT2D eigenvalue weighted by molar-refractivity contribution is 0.878. The maximum atomic E-state index is 12.3. The summed E-state index contributed by atoms with van der Waals surface area (Å²) in [7, 11) is 0. The van der Waals surface area contributed by atoms with E-state index in [1.54, 1.807) is 0 Å². The summed E-state index contributed by atoms with van der Waals surface area (Å²) in [5, 5.41) is 6.31. The molecule has 0 bridgehead atoms. The molecule has 0 spiro atoms. The Labute approximate surface area is 144 Å². The number of benzene rings is 2. The van der Waals surface area contributed by atoms with Crippen LogP contribution < -0.4 is 10.9 Å². The predicted molar refractivity (Wildman–Crippen MR) is 97.5 cm³/mol. The van der Waals surface area contributed by atoms with E-state index < -0.39 is 0 Å². The molecule has 0 atom stereocenters. The highest BCUT2D eigenvalue weighted by Crippen LogP contribution is 2.15. The maximum absolute atomic E-state index is 12.3. The summed E-state index contributed by atoms with van der Waals surface area (Å²) < 4.78 is 1.36. The second-order valence-electron chi connectivity index (χ2n) is 5.83. The van der Waals surface area contributed by atoms with Crippen molar-refractivity contribution in [1.29, 1.82) is 0 Å². The van der Waals surface area contributed by atoms with Gasteiger partial charge in [-0.25, -0.2) is 4.98 Å². The number of hydrogen-bond acceptors (Lipinski definition) is 4. The number of aromatic nitrogens is 4. The number of aryl methyl sites for hydroxylation is 1. The van der Waals surface area contributed by atoms with Crippen molar-refractivity contribution in [2.24, 2.45) is 0 Å². The van der Waals surface area contributed by atoms with Gasteiger partial charge in [-0.05, 0) is 18.6 Å². The number of anilines is 1. The van der Waals surface area contributed by atoms with Gasteiger partial charge in [0, 0.05) is 17.3 Å². The van der Waals surface area contributed by atoms with Crippen LogP contribution in [0.25, 0.3) is 17.2 Å². The molecule has 0 fully saturated rings. The molecule has 124 valence electrons. The highest BCUT2D eigenvalue weighted by Gasteiger charge is 2.09. The molecule has 2 N–H and O–H groups in total. The molecule has 2 heterocycles. The predicted octanol–water partition coefficient (Wildman–Crippen LogP) is 3.01. The third kappa shape index (κ3) is 3.01. The van der Waals surface area contributed by atoms with Gasteiger partial charge in [0.25, 0.3) is 11.3 Å². The first kappa shape index (κ1) is 15.1. The number of H-pyrrole nitrogens is 1. The van der Waals surface area contributed by atoms with Gasteiger partial charge in [-0.15, -0.1) is 0 Å². The van der Waals surface area contributed by atoms with Gasteiger partial charge in [-0.2, -0.15) is 9.50 Å². The summed E-state index contributed by atoms with van der Waals surface area (Å²) in [5.74, 6) is 0.988. The maximum Gasteiger partial charge on any atom is 0.274 e. The van der Waals surface area contributed by atoms with Crippen molar-refractivity contribution < 1.29 is 0 Å². The van der Waals surface area contributed by atoms with E-state index in [9.17, 15) is 4.79 Å². The van der Waals surface area contributed by atoms with Crippen LogP contribution in [-0.4, -0.2) is 19.6 Å². The van der Waals surface area contributed by atoms with Crippen molar-refractivity contribution in [3.8, 4) is 11.4 Å². The van der Waals surface area contributed by atoms with Gasteiger partial charge in [0.1, 0.15) is 0 Å². The summed E-state index contributed by atoms with van der Waals surface area (Å²) in [6.07, 6.45) is 0. The van der Waals surface area contributed by atoms with Crippen LogP contribution in [-0.2, 0) is 6.54 Å². The van der Waals surface area contributed by atoms with Gasteiger partial charge in [0.2, 0.25) is 0 Å². The lowest BCUT2D eigenvalue weighted by atomic mass is 10.2. The minimum Gasteiger partial charge on any atom is -0.379 e. The minimum atomic E-state index is -0.179. The lowest BCUT2D eigenvalue weighted by Gasteiger charge is -2.08. The van der Waals surface area contributed by atoms with Crippen molar-refractivity contribution in [3.63, 3.8) is 0 Å². The monoisotopic (exact) mass is 331 g/mol. The zero-order valence-electron chi connectivity index (χ0n) is 13.7. The molecule has 0 saturated heterocycles. The summed E-state index contributed by atoms with van der Waals surface area (Å²) >= 11 is 0. The van der Waals surface area contributed by atoms with Crippen LogP contribution >= 0.6 is 0 Å². The van der Waals surface area contributed by atoms with Crippen LogP contribution in [0, 0.1) is 6.92 Å². The molecule has 4 aromatic rings. The zero-order valence-corrected chi connectivity index (χ0v) is 13.7. The molecule has 0 aliphatic rings. The van der Waals surface area contributed by atoms with Crippen LogP contribution in [0.15, 0.2) is 65.5 Å². The number of aromatic amines is 1. The van der Waals surface area contributed by atoms with E-state index in [0.29, 0.717) is 23.8 Å². The molecule has 2 aromatic heterocycles. The Kier molecular flexibility index (Phi) is 3.78. The van der Waals surface area contributed by atoms with Crippen molar-refractivity contribution in [2.75, 3.05) is 5.32 Å². The van der Waals surface area contributed by atoms with E-state index >= 15 is 0 Å². The standard InChI is InChI=1S/C19H17N5O/c1-13-7-5-6-10-16(13)20-12-15-11-17(25)24-19(21-15)22-18(23-24)14-8-3-2-4-9-14/h2-11,20H,12H2,1H3,(H,21,22,23). The Hall–Kier alpha value is -3.41. The normalized spacial score (nSPS) is 10.9. The Bertz CT molecular complexity index is 1080. The number of fused-ring (bicyclic) bond motifs is 1. The molecule has 25 heavy (non-hydrogen) atoms. The fraction of sp³-hybridized carbons (Fsp3) is 0.105. The van der Waals surface area contributed by atoms with Crippen LogP contribution in [0.3, 0.4) is 0 Å². The molecule has 0 saturated carbocycles. The summed E-state index contributed by atoms with van der Waals surface area (Å²) in [6, 6.07) is 19.2. The van der Waals surface area contributed by atoms with Crippen LogP contribution in [0.2, 0.25) is 0 Å². The van der Waals surface area contributed by atoms with Crippen LogP contribution in [0.5, 0.6) is 0 Å². The van der Waals surface area contributed by atoms with Crippen molar-refractivity contribution in [2.45, 2.75) is 13.5 Å². The number of rotatable bonds is 4. The van der Waals surface area contributed by atoms with Crippen LogP contribution in [0.4, 0.5) is 5.69 Å². The largest absolute Gasteiger partial charge is 0.379 e. The molecule has 0 unspecified atom stereocenters. The summed E-state index contributed by atoms with van der Waals surface area (Å²) in [5.41, 5.74) is 3.55. The molecule has 0 radical (unpaired) electrons. The van der Waals surface area contributed by atoms with Gasteiger partial charge < -0.3 is 5.32 Å². The zero-order chi connectivity index (χ0) is 17.2. The first-order valence-electron chi connectivity index (χ1n) is 8.04. The average Bonchev–Trinajstić information content (AvgIpc) is 3.07. The summed E-state index contributed by atoms with van der Waals surface area (Å²) in [6.45, 7) is 2.50. The Morgan fingerprint density at radius 3 is 2.60 bits per heavy atom. The smallest absolute Gasteiger partial charge is 0.274 e. The molecule has 0 aliphatic carbocycles. The van der Waals surface area contributed by atoms with Gasteiger partial charge in [0.15, 0.2) is 5.82 Å². The van der Waals surface area contributed by atoms with E-state index in [-0.39, 0.29) is 5.56 Å². The minimum absolute atomic E-state index is 0.179. The first-order valence-corrected chi connectivity index (χ1v) is 8.04. The number of para-hydroxylation sites is 1. The molecule has 0 amide bonds.